The highest BCUT2D eigenvalue weighted by atomic mass is 35.5. The average molecular weight is 363 g/mol. The number of carbonyl (C=O) groups excluding carboxylic acids is 1. The Morgan fingerprint density at radius 3 is 2.52 bits per heavy atom. The van der Waals surface area contributed by atoms with Gasteiger partial charge in [0.1, 0.15) is 0 Å². The van der Waals surface area contributed by atoms with Crippen LogP contribution in [-0.2, 0) is 0 Å². The van der Waals surface area contributed by atoms with Gasteiger partial charge in [0, 0.05) is 26.0 Å². The summed E-state index contributed by atoms with van der Waals surface area (Å²) in [6.07, 6.45) is 0. The Morgan fingerprint density at radius 1 is 1.09 bits per heavy atom. The van der Waals surface area contributed by atoms with E-state index in [0.29, 0.717) is 20.7 Å². The standard InChI is InChI=1S/C17H12Cl2N2OS/c1-10-15(12-3-2-4-14(19)9-12)20-17(23-10)21-16(22)11-5-7-13(18)8-6-11/h2-9H,1H3,(H,20,21,22). The number of rotatable bonds is 3. The minimum Gasteiger partial charge on any atom is -0.298 e. The molecule has 0 aliphatic heterocycles. The van der Waals surface area contributed by atoms with E-state index in [1.165, 1.54) is 11.3 Å². The molecule has 2 aromatic carbocycles. The van der Waals surface area contributed by atoms with Gasteiger partial charge in [-0.2, -0.15) is 0 Å². The number of nitrogens with zero attached hydrogens (tertiary/aromatic N) is 1. The molecule has 0 aliphatic rings. The number of anilines is 1. The van der Waals surface area contributed by atoms with Crippen molar-refractivity contribution in [2.24, 2.45) is 0 Å². The number of hydrogen-bond donors (Lipinski definition) is 1. The summed E-state index contributed by atoms with van der Waals surface area (Å²) >= 11 is 13.3. The van der Waals surface area contributed by atoms with Gasteiger partial charge in [0.15, 0.2) is 5.13 Å². The van der Waals surface area contributed by atoms with Crippen LogP contribution in [0.2, 0.25) is 10.0 Å². The molecule has 6 heteroatoms. The van der Waals surface area contributed by atoms with E-state index in [0.717, 1.165) is 16.1 Å². The molecule has 1 amide bonds. The van der Waals surface area contributed by atoms with Crippen molar-refractivity contribution in [3.63, 3.8) is 0 Å². The maximum atomic E-state index is 12.2. The molecule has 0 fully saturated rings. The lowest BCUT2D eigenvalue weighted by molar-refractivity contribution is 0.102. The Labute approximate surface area is 147 Å². The lowest BCUT2D eigenvalue weighted by Crippen LogP contribution is -2.11. The topological polar surface area (TPSA) is 42.0 Å². The van der Waals surface area contributed by atoms with Gasteiger partial charge in [-0.15, -0.1) is 11.3 Å². The number of hydrogen-bond acceptors (Lipinski definition) is 3. The molecule has 0 aliphatic carbocycles. The zero-order chi connectivity index (χ0) is 16.4. The first-order chi connectivity index (χ1) is 11.0. The zero-order valence-corrected chi connectivity index (χ0v) is 14.5. The second-order valence-corrected chi connectivity index (χ2v) is 6.97. The van der Waals surface area contributed by atoms with Crippen LogP contribution in [0, 0.1) is 6.92 Å². The number of amides is 1. The highest BCUT2D eigenvalue weighted by Crippen LogP contribution is 2.31. The minimum absolute atomic E-state index is 0.215. The first kappa shape index (κ1) is 16.0. The third kappa shape index (κ3) is 3.72. The molecule has 0 atom stereocenters. The van der Waals surface area contributed by atoms with E-state index in [2.05, 4.69) is 10.3 Å². The second kappa shape index (κ2) is 6.71. The van der Waals surface area contributed by atoms with Crippen molar-refractivity contribution in [3.8, 4) is 11.3 Å². The van der Waals surface area contributed by atoms with E-state index in [9.17, 15) is 4.79 Å². The van der Waals surface area contributed by atoms with Crippen molar-refractivity contribution < 1.29 is 4.79 Å². The monoisotopic (exact) mass is 362 g/mol. The second-order valence-electron chi connectivity index (χ2n) is 4.90. The Hall–Kier alpha value is -1.88. The smallest absolute Gasteiger partial charge is 0.257 e. The van der Waals surface area contributed by atoms with Gasteiger partial charge in [-0.1, -0.05) is 35.3 Å². The number of benzene rings is 2. The molecule has 0 unspecified atom stereocenters. The van der Waals surface area contributed by atoms with Crippen LogP contribution < -0.4 is 5.32 Å². The quantitative estimate of drug-likeness (QED) is 0.651. The van der Waals surface area contributed by atoms with Crippen molar-refractivity contribution in [1.82, 2.24) is 4.98 Å². The molecule has 1 aromatic heterocycles. The summed E-state index contributed by atoms with van der Waals surface area (Å²) in [5, 5.41) is 4.62. The highest BCUT2D eigenvalue weighted by molar-refractivity contribution is 7.16. The molecular formula is C17H12Cl2N2OS. The number of thiazole rings is 1. The summed E-state index contributed by atoms with van der Waals surface area (Å²) in [4.78, 5) is 17.7. The molecule has 3 rings (SSSR count). The summed E-state index contributed by atoms with van der Waals surface area (Å²) < 4.78 is 0. The molecule has 0 radical (unpaired) electrons. The van der Waals surface area contributed by atoms with Crippen LogP contribution in [0.4, 0.5) is 5.13 Å². The Balaban J connectivity index is 1.83. The maximum absolute atomic E-state index is 12.2. The normalized spacial score (nSPS) is 10.6. The maximum Gasteiger partial charge on any atom is 0.257 e. The minimum atomic E-state index is -0.215. The number of halogens is 2. The fourth-order valence-corrected chi connectivity index (χ4v) is 3.27. The van der Waals surface area contributed by atoms with E-state index in [-0.39, 0.29) is 5.91 Å². The van der Waals surface area contributed by atoms with Crippen LogP contribution in [0.1, 0.15) is 15.2 Å². The fraction of sp³-hybridized carbons (Fsp3) is 0.0588. The molecule has 23 heavy (non-hydrogen) atoms. The van der Waals surface area contributed by atoms with Crippen LogP contribution in [-0.4, -0.2) is 10.9 Å². The molecule has 0 saturated carbocycles. The van der Waals surface area contributed by atoms with Crippen LogP contribution in [0.5, 0.6) is 0 Å². The van der Waals surface area contributed by atoms with Gasteiger partial charge in [-0.25, -0.2) is 4.98 Å². The summed E-state index contributed by atoms with van der Waals surface area (Å²) in [7, 11) is 0. The number of carbonyl (C=O) groups is 1. The van der Waals surface area contributed by atoms with Crippen LogP contribution in [0.3, 0.4) is 0 Å². The molecule has 0 saturated heterocycles. The first-order valence-corrected chi connectivity index (χ1v) is 8.40. The van der Waals surface area contributed by atoms with Crippen molar-refractivity contribution in [1.29, 1.82) is 0 Å². The van der Waals surface area contributed by atoms with Gasteiger partial charge in [-0.05, 0) is 43.3 Å². The van der Waals surface area contributed by atoms with Gasteiger partial charge in [-0.3, -0.25) is 10.1 Å². The van der Waals surface area contributed by atoms with Crippen LogP contribution >= 0.6 is 34.5 Å². The SMILES string of the molecule is Cc1sc(NC(=O)c2ccc(Cl)cc2)nc1-c1cccc(Cl)c1. The molecule has 0 bridgehead atoms. The molecule has 3 aromatic rings. The zero-order valence-electron chi connectivity index (χ0n) is 12.1. The van der Waals surface area contributed by atoms with Crippen molar-refractivity contribution in [3.05, 3.63) is 69.0 Å². The summed E-state index contributed by atoms with van der Waals surface area (Å²) in [6.45, 7) is 1.96. The van der Waals surface area contributed by atoms with Crippen LogP contribution in [0.25, 0.3) is 11.3 Å². The van der Waals surface area contributed by atoms with Gasteiger partial charge < -0.3 is 0 Å². The Bertz CT molecular complexity index is 859. The largest absolute Gasteiger partial charge is 0.298 e. The Kier molecular flexibility index (Phi) is 4.66. The number of aryl methyl sites for hydroxylation is 1. The fourth-order valence-electron chi connectivity index (χ4n) is 2.12. The predicted octanol–water partition coefficient (Wildman–Crippen LogP) is 5.68. The predicted molar refractivity (Wildman–Crippen MR) is 96.7 cm³/mol. The Morgan fingerprint density at radius 2 is 1.83 bits per heavy atom. The van der Waals surface area contributed by atoms with Gasteiger partial charge in [0.2, 0.25) is 0 Å². The molecule has 116 valence electrons. The summed E-state index contributed by atoms with van der Waals surface area (Å²) in [6, 6.07) is 14.2. The lowest BCUT2D eigenvalue weighted by Gasteiger charge is -2.01. The van der Waals surface area contributed by atoms with Crippen LogP contribution in [0.15, 0.2) is 48.5 Å². The van der Waals surface area contributed by atoms with E-state index in [1.807, 2.05) is 31.2 Å². The van der Waals surface area contributed by atoms with E-state index in [4.69, 9.17) is 23.2 Å². The van der Waals surface area contributed by atoms with Crippen molar-refractivity contribution in [2.45, 2.75) is 6.92 Å². The molecule has 1 N–H and O–H groups in total. The summed E-state index contributed by atoms with van der Waals surface area (Å²) in [5.74, 6) is -0.215. The third-order valence-corrected chi connectivity index (χ3v) is 4.59. The van der Waals surface area contributed by atoms with Gasteiger partial charge in [0.05, 0.1) is 5.69 Å². The van der Waals surface area contributed by atoms with E-state index in [1.54, 1.807) is 24.3 Å². The third-order valence-electron chi connectivity index (χ3n) is 3.22. The molecular weight excluding hydrogens is 351 g/mol. The van der Waals surface area contributed by atoms with Crippen molar-refractivity contribution >= 4 is 45.6 Å². The number of nitrogens with one attached hydrogen (secondary N) is 1. The molecule has 0 spiro atoms. The highest BCUT2D eigenvalue weighted by Gasteiger charge is 2.13. The van der Waals surface area contributed by atoms with Gasteiger partial charge in [0.25, 0.3) is 5.91 Å². The van der Waals surface area contributed by atoms with Gasteiger partial charge >= 0.3 is 0 Å². The first-order valence-electron chi connectivity index (χ1n) is 6.83. The summed E-state index contributed by atoms with van der Waals surface area (Å²) in [5.41, 5.74) is 2.29. The number of aromatic nitrogens is 1. The van der Waals surface area contributed by atoms with E-state index < -0.39 is 0 Å². The average Bonchev–Trinajstić information content (AvgIpc) is 2.88. The molecule has 1 heterocycles. The van der Waals surface area contributed by atoms with E-state index >= 15 is 0 Å². The lowest BCUT2D eigenvalue weighted by atomic mass is 10.1. The molecule has 3 nitrogen and oxygen atoms in total. The van der Waals surface area contributed by atoms with Crippen molar-refractivity contribution in [2.75, 3.05) is 5.32 Å².